The zero-order chi connectivity index (χ0) is 9.69. The molecule has 0 N–H and O–H groups in total. The number of ether oxygens (including phenoxy) is 1. The Morgan fingerprint density at radius 3 is 2.62 bits per heavy atom. The van der Waals surface area contributed by atoms with E-state index < -0.39 is 0 Å². The van der Waals surface area contributed by atoms with Crippen molar-refractivity contribution < 1.29 is 4.74 Å². The molecule has 2 nitrogen and oxygen atoms in total. The lowest BCUT2D eigenvalue weighted by Crippen LogP contribution is -2.30. The van der Waals surface area contributed by atoms with Crippen LogP contribution in [0.15, 0.2) is 0 Å². The summed E-state index contributed by atoms with van der Waals surface area (Å²) in [5.74, 6) is 0.724. The first-order chi connectivity index (χ1) is 5.98. The average Bonchev–Trinajstić information content (AvgIpc) is 2.75. The zero-order valence-corrected chi connectivity index (χ0v) is 8.63. The molecule has 1 saturated carbocycles. The Labute approximate surface area is 79.9 Å². The summed E-state index contributed by atoms with van der Waals surface area (Å²) in [6.45, 7) is 6.83. The SMILES string of the molecule is CC(C)(C)[C@@H]1CC[C@@]2(C#N)O[C@H]2C1. The Morgan fingerprint density at radius 1 is 1.46 bits per heavy atom. The molecule has 1 aliphatic carbocycles. The van der Waals surface area contributed by atoms with Crippen molar-refractivity contribution in [3.8, 4) is 6.07 Å². The lowest BCUT2D eigenvalue weighted by atomic mass is 9.70. The first-order valence-corrected chi connectivity index (χ1v) is 5.07. The van der Waals surface area contributed by atoms with Crippen LogP contribution in [-0.2, 0) is 4.74 Å². The number of epoxide rings is 1. The van der Waals surface area contributed by atoms with Crippen LogP contribution in [0, 0.1) is 22.7 Å². The van der Waals surface area contributed by atoms with Crippen LogP contribution in [0.1, 0.15) is 40.0 Å². The minimum absolute atomic E-state index is 0.246. The molecule has 2 fully saturated rings. The van der Waals surface area contributed by atoms with Gasteiger partial charge in [-0.15, -0.1) is 0 Å². The minimum atomic E-state index is -0.359. The van der Waals surface area contributed by atoms with Gasteiger partial charge in [0.25, 0.3) is 0 Å². The van der Waals surface area contributed by atoms with Crippen LogP contribution in [-0.4, -0.2) is 11.7 Å². The molecule has 3 atom stereocenters. The van der Waals surface area contributed by atoms with Crippen molar-refractivity contribution in [3.05, 3.63) is 0 Å². The number of fused-ring (bicyclic) bond motifs is 1. The molecule has 0 bridgehead atoms. The van der Waals surface area contributed by atoms with E-state index in [1.165, 1.54) is 0 Å². The molecule has 0 aromatic heterocycles. The lowest BCUT2D eigenvalue weighted by molar-refractivity contribution is 0.186. The van der Waals surface area contributed by atoms with Gasteiger partial charge in [-0.3, -0.25) is 0 Å². The van der Waals surface area contributed by atoms with Crippen LogP contribution in [0.5, 0.6) is 0 Å². The van der Waals surface area contributed by atoms with Gasteiger partial charge in [0.1, 0.15) is 12.2 Å². The smallest absolute Gasteiger partial charge is 0.180 e. The van der Waals surface area contributed by atoms with E-state index in [0.29, 0.717) is 5.41 Å². The van der Waals surface area contributed by atoms with Crippen molar-refractivity contribution in [1.29, 1.82) is 5.26 Å². The number of hydrogen-bond acceptors (Lipinski definition) is 2. The first-order valence-electron chi connectivity index (χ1n) is 5.07. The molecular weight excluding hydrogens is 162 g/mol. The molecule has 0 aromatic carbocycles. The fourth-order valence-electron chi connectivity index (χ4n) is 2.38. The van der Waals surface area contributed by atoms with Crippen molar-refractivity contribution in [1.82, 2.24) is 0 Å². The summed E-state index contributed by atoms with van der Waals surface area (Å²) in [6.07, 6.45) is 3.41. The molecule has 0 unspecified atom stereocenters. The van der Waals surface area contributed by atoms with E-state index >= 15 is 0 Å². The van der Waals surface area contributed by atoms with Crippen LogP contribution in [0.2, 0.25) is 0 Å². The molecule has 1 heterocycles. The molecule has 1 aliphatic heterocycles. The molecule has 2 heteroatoms. The molecule has 2 rings (SSSR count). The number of nitriles is 1. The van der Waals surface area contributed by atoms with E-state index in [2.05, 4.69) is 26.8 Å². The zero-order valence-electron chi connectivity index (χ0n) is 8.63. The predicted molar refractivity (Wildman–Crippen MR) is 50.0 cm³/mol. The van der Waals surface area contributed by atoms with Gasteiger partial charge in [0.2, 0.25) is 0 Å². The first kappa shape index (κ1) is 9.02. The van der Waals surface area contributed by atoms with Crippen molar-refractivity contribution in [2.75, 3.05) is 0 Å². The maximum atomic E-state index is 8.91. The van der Waals surface area contributed by atoms with Gasteiger partial charge >= 0.3 is 0 Å². The number of rotatable bonds is 0. The Balaban J connectivity index is 2.01. The van der Waals surface area contributed by atoms with Crippen LogP contribution < -0.4 is 0 Å². The summed E-state index contributed by atoms with van der Waals surface area (Å²) >= 11 is 0. The summed E-state index contributed by atoms with van der Waals surface area (Å²) in [7, 11) is 0. The van der Waals surface area contributed by atoms with E-state index in [-0.39, 0.29) is 11.7 Å². The van der Waals surface area contributed by atoms with Crippen LogP contribution in [0.3, 0.4) is 0 Å². The van der Waals surface area contributed by atoms with Gasteiger partial charge in [0, 0.05) is 0 Å². The second-order valence-electron chi connectivity index (χ2n) is 5.45. The lowest BCUT2D eigenvalue weighted by Gasteiger charge is -2.33. The summed E-state index contributed by atoms with van der Waals surface area (Å²) in [6, 6.07) is 2.30. The highest BCUT2D eigenvalue weighted by Crippen LogP contribution is 2.52. The summed E-state index contributed by atoms with van der Waals surface area (Å²) in [4.78, 5) is 0. The molecule has 72 valence electrons. The molecule has 1 saturated heterocycles. The van der Waals surface area contributed by atoms with E-state index in [9.17, 15) is 0 Å². The van der Waals surface area contributed by atoms with Gasteiger partial charge < -0.3 is 4.74 Å². The molecule has 13 heavy (non-hydrogen) atoms. The maximum Gasteiger partial charge on any atom is 0.180 e. The molecule has 0 radical (unpaired) electrons. The summed E-state index contributed by atoms with van der Waals surface area (Å²) in [5, 5.41) is 8.91. The summed E-state index contributed by atoms with van der Waals surface area (Å²) < 4.78 is 5.48. The van der Waals surface area contributed by atoms with Gasteiger partial charge in [-0.1, -0.05) is 20.8 Å². The monoisotopic (exact) mass is 179 g/mol. The highest BCUT2D eigenvalue weighted by Gasteiger charge is 2.60. The average molecular weight is 179 g/mol. The van der Waals surface area contributed by atoms with Crippen molar-refractivity contribution in [3.63, 3.8) is 0 Å². The topological polar surface area (TPSA) is 36.3 Å². The quantitative estimate of drug-likeness (QED) is 0.536. The van der Waals surface area contributed by atoms with Gasteiger partial charge in [0.15, 0.2) is 5.60 Å². The standard InChI is InChI=1S/C11H17NO/c1-10(2,3)8-4-5-11(7-12)9(6-8)13-11/h8-9H,4-6H2,1-3H3/t8-,9+,11+/m1/s1. The second kappa shape index (κ2) is 2.48. The molecule has 0 spiro atoms. The largest absolute Gasteiger partial charge is 0.350 e. The van der Waals surface area contributed by atoms with Gasteiger partial charge in [-0.2, -0.15) is 5.26 Å². The van der Waals surface area contributed by atoms with E-state index in [0.717, 1.165) is 25.2 Å². The number of hydrogen-bond donors (Lipinski definition) is 0. The third-order valence-corrected chi connectivity index (χ3v) is 3.59. The van der Waals surface area contributed by atoms with Gasteiger partial charge in [-0.05, 0) is 30.6 Å². The van der Waals surface area contributed by atoms with Crippen LogP contribution in [0.4, 0.5) is 0 Å². The highest BCUT2D eigenvalue weighted by atomic mass is 16.6. The van der Waals surface area contributed by atoms with Gasteiger partial charge in [-0.25, -0.2) is 0 Å². The van der Waals surface area contributed by atoms with Crippen molar-refractivity contribution in [2.45, 2.75) is 51.7 Å². The van der Waals surface area contributed by atoms with E-state index in [1.807, 2.05) is 0 Å². The maximum absolute atomic E-state index is 8.91. The third-order valence-electron chi connectivity index (χ3n) is 3.59. The Hall–Kier alpha value is -0.550. The summed E-state index contributed by atoms with van der Waals surface area (Å²) in [5.41, 5.74) is 0.00924. The Bertz CT molecular complexity index is 260. The molecule has 2 aliphatic rings. The third kappa shape index (κ3) is 1.36. The van der Waals surface area contributed by atoms with Crippen molar-refractivity contribution in [2.24, 2.45) is 11.3 Å². The second-order valence-corrected chi connectivity index (χ2v) is 5.45. The van der Waals surface area contributed by atoms with Crippen LogP contribution in [0.25, 0.3) is 0 Å². The van der Waals surface area contributed by atoms with E-state index in [4.69, 9.17) is 10.00 Å². The van der Waals surface area contributed by atoms with Gasteiger partial charge in [0.05, 0.1) is 0 Å². The van der Waals surface area contributed by atoms with Crippen molar-refractivity contribution >= 4 is 0 Å². The normalized spacial score (nSPS) is 43.5. The Kier molecular flexibility index (Phi) is 1.72. The minimum Gasteiger partial charge on any atom is -0.350 e. The van der Waals surface area contributed by atoms with Crippen LogP contribution >= 0.6 is 0 Å². The fourth-order valence-corrected chi connectivity index (χ4v) is 2.38. The fraction of sp³-hybridized carbons (Fsp3) is 0.909. The highest BCUT2D eigenvalue weighted by molar-refractivity contribution is 5.20. The number of nitrogens with zero attached hydrogens (tertiary/aromatic N) is 1. The Morgan fingerprint density at radius 2 is 2.15 bits per heavy atom. The molecule has 0 aromatic rings. The molecular formula is C11H17NO. The van der Waals surface area contributed by atoms with E-state index in [1.54, 1.807) is 0 Å². The predicted octanol–water partition coefficient (Wildman–Crippen LogP) is 2.49. The molecule has 0 amide bonds.